The number of hydrogen-bond acceptors (Lipinski definition) is 1. The Hall–Kier alpha value is -6.18. The monoisotopic (exact) mass is 639 g/mol. The van der Waals surface area contributed by atoms with Gasteiger partial charge in [0.05, 0.1) is 11.1 Å². The molecule has 0 aliphatic heterocycles. The molecule has 9 rings (SSSR count). The van der Waals surface area contributed by atoms with Crippen LogP contribution in [0.2, 0.25) is 0 Å². The molecular formula is C49H37N. The molecule has 1 nitrogen and oxygen atoms in total. The molecule has 0 N–H and O–H groups in total. The van der Waals surface area contributed by atoms with Crippen molar-refractivity contribution in [2.75, 3.05) is 4.90 Å². The van der Waals surface area contributed by atoms with E-state index in [0.717, 1.165) is 24.2 Å². The highest BCUT2D eigenvalue weighted by molar-refractivity contribution is 5.96. The molecule has 0 amide bonds. The molecule has 0 saturated carbocycles. The highest BCUT2D eigenvalue weighted by Crippen LogP contribution is 2.59. The number of fused-ring (bicyclic) bond motifs is 2. The molecule has 0 saturated heterocycles. The first kappa shape index (κ1) is 29.9. The summed E-state index contributed by atoms with van der Waals surface area (Å²) in [5.41, 5.74) is 16.0. The predicted molar refractivity (Wildman–Crippen MR) is 210 cm³/mol. The lowest BCUT2D eigenvalue weighted by molar-refractivity contribution is 0.756. The predicted octanol–water partition coefficient (Wildman–Crippen LogP) is 12.9. The zero-order valence-electron chi connectivity index (χ0n) is 27.9. The van der Waals surface area contributed by atoms with Crippen molar-refractivity contribution in [1.82, 2.24) is 0 Å². The summed E-state index contributed by atoms with van der Waals surface area (Å²) in [5, 5.41) is 0. The van der Waals surface area contributed by atoms with E-state index in [-0.39, 0.29) is 0 Å². The van der Waals surface area contributed by atoms with Gasteiger partial charge < -0.3 is 4.90 Å². The lowest BCUT2D eigenvalue weighted by atomic mass is 9.66. The van der Waals surface area contributed by atoms with Gasteiger partial charge in [-0.3, -0.25) is 0 Å². The van der Waals surface area contributed by atoms with E-state index in [2.05, 4.69) is 205 Å². The summed E-state index contributed by atoms with van der Waals surface area (Å²) >= 11 is 0. The molecule has 7 aromatic carbocycles. The number of benzene rings is 7. The molecule has 0 aromatic heterocycles. The van der Waals surface area contributed by atoms with Crippen molar-refractivity contribution in [3.63, 3.8) is 0 Å². The topological polar surface area (TPSA) is 3.24 Å². The van der Waals surface area contributed by atoms with E-state index < -0.39 is 5.41 Å². The van der Waals surface area contributed by atoms with E-state index in [0.29, 0.717) is 0 Å². The van der Waals surface area contributed by atoms with Gasteiger partial charge in [0.25, 0.3) is 0 Å². The number of allylic oxidation sites excluding steroid dienone is 4. The minimum atomic E-state index is -0.417. The Bertz CT molecular complexity index is 2200. The van der Waals surface area contributed by atoms with Gasteiger partial charge in [-0.15, -0.1) is 0 Å². The van der Waals surface area contributed by atoms with E-state index in [1.165, 1.54) is 61.3 Å². The second-order valence-electron chi connectivity index (χ2n) is 13.2. The van der Waals surface area contributed by atoms with Crippen molar-refractivity contribution in [3.8, 4) is 22.3 Å². The van der Waals surface area contributed by atoms with Crippen molar-refractivity contribution >= 4 is 22.6 Å². The van der Waals surface area contributed by atoms with Crippen molar-refractivity contribution < 1.29 is 0 Å². The molecule has 0 atom stereocenters. The quantitative estimate of drug-likeness (QED) is 0.168. The van der Waals surface area contributed by atoms with Crippen molar-refractivity contribution in [2.45, 2.75) is 18.3 Å². The maximum atomic E-state index is 2.47. The Balaban J connectivity index is 1.28. The third-order valence-corrected chi connectivity index (χ3v) is 10.4. The normalized spacial score (nSPS) is 14.2. The van der Waals surface area contributed by atoms with Gasteiger partial charge in [-0.2, -0.15) is 0 Å². The lowest BCUT2D eigenvalue weighted by Gasteiger charge is -2.35. The maximum Gasteiger partial charge on any atom is 0.0711 e. The Morgan fingerprint density at radius 2 is 0.880 bits per heavy atom. The van der Waals surface area contributed by atoms with Crippen LogP contribution in [0.15, 0.2) is 206 Å². The maximum absolute atomic E-state index is 2.47. The second kappa shape index (κ2) is 12.7. The smallest absolute Gasteiger partial charge is 0.0711 e. The van der Waals surface area contributed by atoms with Crippen LogP contribution in [0.1, 0.15) is 35.1 Å². The lowest BCUT2D eigenvalue weighted by Crippen LogP contribution is -2.29. The summed E-state index contributed by atoms with van der Waals surface area (Å²) < 4.78 is 0. The molecule has 2 aliphatic carbocycles. The first-order chi connectivity index (χ1) is 24.8. The molecule has 2 aliphatic rings. The average molecular weight is 640 g/mol. The van der Waals surface area contributed by atoms with E-state index in [4.69, 9.17) is 0 Å². The number of nitrogens with zero attached hydrogens (tertiary/aromatic N) is 1. The molecule has 0 spiro atoms. The van der Waals surface area contributed by atoms with Crippen LogP contribution in [0.25, 0.3) is 27.8 Å². The molecule has 238 valence electrons. The van der Waals surface area contributed by atoms with Gasteiger partial charge in [0, 0.05) is 16.9 Å². The Kier molecular flexibility index (Phi) is 7.59. The van der Waals surface area contributed by atoms with Crippen LogP contribution in [-0.4, -0.2) is 0 Å². The van der Waals surface area contributed by atoms with Crippen LogP contribution in [-0.2, 0) is 5.41 Å². The molecule has 0 fully saturated rings. The van der Waals surface area contributed by atoms with Gasteiger partial charge in [-0.1, -0.05) is 170 Å². The van der Waals surface area contributed by atoms with E-state index in [1.807, 2.05) is 0 Å². The number of hydrogen-bond donors (Lipinski definition) is 0. The summed E-state index contributed by atoms with van der Waals surface area (Å²) in [5.74, 6) is 0. The highest BCUT2D eigenvalue weighted by atomic mass is 15.1. The Morgan fingerprint density at radius 1 is 0.420 bits per heavy atom. The average Bonchev–Trinajstić information content (AvgIpc) is 3.52. The fraction of sp³-hybridized carbons (Fsp3) is 0.0612. The zero-order chi connectivity index (χ0) is 33.3. The summed E-state index contributed by atoms with van der Waals surface area (Å²) in [6.07, 6.45) is 6.82. The summed E-state index contributed by atoms with van der Waals surface area (Å²) in [7, 11) is 0. The molecule has 0 bridgehead atoms. The summed E-state index contributed by atoms with van der Waals surface area (Å²) in [6.45, 7) is 0. The van der Waals surface area contributed by atoms with E-state index in [9.17, 15) is 0 Å². The van der Waals surface area contributed by atoms with Gasteiger partial charge in [0.1, 0.15) is 0 Å². The van der Waals surface area contributed by atoms with Crippen LogP contribution in [0.4, 0.5) is 17.1 Å². The fourth-order valence-corrected chi connectivity index (χ4v) is 8.24. The fourth-order valence-electron chi connectivity index (χ4n) is 8.24. The van der Waals surface area contributed by atoms with Gasteiger partial charge in [-0.25, -0.2) is 0 Å². The largest absolute Gasteiger partial charge is 0.310 e. The highest BCUT2D eigenvalue weighted by Gasteiger charge is 2.48. The van der Waals surface area contributed by atoms with Crippen molar-refractivity contribution in [2.24, 2.45) is 0 Å². The standard InChI is InChI=1S/C49H37N/c1-5-16-36(17-6-1)38-28-32-42(33-29-38)50(43-34-30-39(31-35-43)37-18-7-2-8-19-37)47-27-15-26-46-48(47)44-24-13-14-25-45(44)49(46,40-20-9-3-10-21-40)41-22-11-4-12-23-41/h1-12,14-23,25-35H,13,24H2. The minimum absolute atomic E-state index is 0.417. The Morgan fingerprint density at radius 3 is 1.38 bits per heavy atom. The summed E-state index contributed by atoms with van der Waals surface area (Å²) in [6, 6.07) is 68.6. The molecule has 0 radical (unpaired) electrons. The SMILES string of the molecule is C1=CC2=C(CC1)c1c(N(c3ccc(-c4ccccc4)cc3)c3ccc(-c4ccccc4)cc3)cccc1C2(c1ccccc1)c1ccccc1. The second-order valence-corrected chi connectivity index (χ2v) is 13.2. The third-order valence-electron chi connectivity index (χ3n) is 10.4. The van der Waals surface area contributed by atoms with Crippen molar-refractivity contribution in [1.29, 1.82) is 0 Å². The molecular weight excluding hydrogens is 603 g/mol. The van der Waals surface area contributed by atoms with Gasteiger partial charge >= 0.3 is 0 Å². The third kappa shape index (κ3) is 4.94. The zero-order valence-corrected chi connectivity index (χ0v) is 27.9. The summed E-state index contributed by atoms with van der Waals surface area (Å²) in [4.78, 5) is 2.47. The Labute approximate surface area is 295 Å². The van der Waals surface area contributed by atoms with Crippen LogP contribution in [0.5, 0.6) is 0 Å². The van der Waals surface area contributed by atoms with E-state index >= 15 is 0 Å². The first-order valence-corrected chi connectivity index (χ1v) is 17.6. The van der Waals surface area contributed by atoms with Crippen LogP contribution < -0.4 is 4.90 Å². The molecule has 7 aromatic rings. The van der Waals surface area contributed by atoms with Gasteiger partial charge in [0.15, 0.2) is 0 Å². The molecule has 0 unspecified atom stereocenters. The van der Waals surface area contributed by atoms with E-state index in [1.54, 1.807) is 0 Å². The number of rotatable bonds is 7. The van der Waals surface area contributed by atoms with Crippen LogP contribution in [0, 0.1) is 0 Å². The van der Waals surface area contributed by atoms with Crippen molar-refractivity contribution in [3.05, 3.63) is 228 Å². The molecule has 0 heterocycles. The molecule has 1 heteroatoms. The van der Waals surface area contributed by atoms with Crippen LogP contribution in [0.3, 0.4) is 0 Å². The number of anilines is 3. The first-order valence-electron chi connectivity index (χ1n) is 17.6. The van der Waals surface area contributed by atoms with Gasteiger partial charge in [0.2, 0.25) is 0 Å². The molecule has 50 heavy (non-hydrogen) atoms. The van der Waals surface area contributed by atoms with Gasteiger partial charge in [-0.05, 0) is 93.3 Å². The van der Waals surface area contributed by atoms with Crippen LogP contribution >= 0.6 is 0 Å². The minimum Gasteiger partial charge on any atom is -0.310 e.